The van der Waals surface area contributed by atoms with E-state index < -0.39 is 0 Å². The van der Waals surface area contributed by atoms with Crippen LogP contribution in [-0.2, 0) is 17.6 Å². The predicted molar refractivity (Wildman–Crippen MR) is 83.6 cm³/mol. The van der Waals surface area contributed by atoms with E-state index in [2.05, 4.69) is 29.1 Å². The minimum absolute atomic E-state index is 0.306. The molecule has 0 amide bonds. The van der Waals surface area contributed by atoms with E-state index in [1.165, 1.54) is 35.1 Å². The van der Waals surface area contributed by atoms with Crippen molar-refractivity contribution in [3.8, 4) is 0 Å². The molecule has 0 saturated carbocycles. The van der Waals surface area contributed by atoms with Gasteiger partial charge in [0, 0.05) is 18.0 Å². The Morgan fingerprint density at radius 2 is 2.25 bits per heavy atom. The van der Waals surface area contributed by atoms with Gasteiger partial charge in [-0.2, -0.15) is 0 Å². The molecular weight excluding hydrogens is 270 g/mol. The molecule has 4 nitrogen and oxygen atoms in total. The largest absolute Gasteiger partial charge is 0.379 e. The number of rotatable bonds is 6. The molecule has 0 spiro atoms. The van der Waals surface area contributed by atoms with E-state index in [1.54, 1.807) is 6.33 Å². The lowest BCUT2D eigenvalue weighted by molar-refractivity contribution is 0.0787. The third-order valence-electron chi connectivity index (χ3n) is 3.57. The van der Waals surface area contributed by atoms with Crippen molar-refractivity contribution < 1.29 is 4.74 Å². The second-order valence-corrected chi connectivity index (χ2v) is 6.54. The molecule has 1 N–H and O–H groups in total. The first-order valence-electron chi connectivity index (χ1n) is 7.36. The zero-order chi connectivity index (χ0) is 13.9. The van der Waals surface area contributed by atoms with Crippen LogP contribution in [0, 0.1) is 0 Å². The average molecular weight is 291 g/mol. The maximum Gasteiger partial charge on any atom is 0.138 e. The molecule has 108 valence electrons. The van der Waals surface area contributed by atoms with Crippen molar-refractivity contribution in [3.05, 3.63) is 16.8 Å². The zero-order valence-corrected chi connectivity index (χ0v) is 12.9. The lowest BCUT2D eigenvalue weighted by Crippen LogP contribution is -2.10. The molecule has 0 aliphatic heterocycles. The molecule has 5 heteroatoms. The van der Waals surface area contributed by atoms with Crippen LogP contribution in [0.1, 0.15) is 37.1 Å². The van der Waals surface area contributed by atoms with Gasteiger partial charge in [0.25, 0.3) is 0 Å². The van der Waals surface area contributed by atoms with Crippen LogP contribution in [-0.4, -0.2) is 29.2 Å². The van der Waals surface area contributed by atoms with Crippen molar-refractivity contribution in [3.63, 3.8) is 0 Å². The Bertz CT molecular complexity index is 594. The topological polar surface area (TPSA) is 47.0 Å². The predicted octanol–water partition coefficient (Wildman–Crippen LogP) is 3.41. The van der Waals surface area contributed by atoms with Gasteiger partial charge >= 0.3 is 0 Å². The highest BCUT2D eigenvalue weighted by atomic mass is 32.1. The lowest BCUT2D eigenvalue weighted by atomic mass is 10.2. The van der Waals surface area contributed by atoms with E-state index in [0.29, 0.717) is 6.10 Å². The fourth-order valence-electron chi connectivity index (χ4n) is 2.66. The molecule has 20 heavy (non-hydrogen) atoms. The van der Waals surface area contributed by atoms with Gasteiger partial charge in [0.05, 0.1) is 11.5 Å². The number of nitrogens with zero attached hydrogens (tertiary/aromatic N) is 2. The number of hydrogen-bond donors (Lipinski definition) is 1. The van der Waals surface area contributed by atoms with Gasteiger partial charge in [-0.3, -0.25) is 0 Å². The SMILES string of the molecule is CC(C)OCCCNc1ncnc2sc3c(c12)CCC3. The van der Waals surface area contributed by atoms with E-state index in [-0.39, 0.29) is 0 Å². The molecule has 3 rings (SSSR count). The Balaban J connectivity index is 1.69. The molecule has 0 saturated heterocycles. The van der Waals surface area contributed by atoms with Gasteiger partial charge in [-0.05, 0) is 45.1 Å². The van der Waals surface area contributed by atoms with Crippen LogP contribution < -0.4 is 5.32 Å². The molecule has 0 fully saturated rings. The molecule has 0 atom stereocenters. The summed E-state index contributed by atoms with van der Waals surface area (Å²) in [6.07, 6.45) is 6.62. The summed E-state index contributed by atoms with van der Waals surface area (Å²) < 4.78 is 5.56. The Morgan fingerprint density at radius 1 is 1.35 bits per heavy atom. The summed E-state index contributed by atoms with van der Waals surface area (Å²) in [6.45, 7) is 5.82. The van der Waals surface area contributed by atoms with E-state index in [0.717, 1.165) is 30.2 Å². The van der Waals surface area contributed by atoms with Gasteiger partial charge in [0.2, 0.25) is 0 Å². The monoisotopic (exact) mass is 291 g/mol. The van der Waals surface area contributed by atoms with Gasteiger partial charge in [-0.15, -0.1) is 11.3 Å². The molecule has 2 heterocycles. The third kappa shape index (κ3) is 2.79. The van der Waals surface area contributed by atoms with E-state index in [1.807, 2.05) is 11.3 Å². The van der Waals surface area contributed by atoms with Crippen LogP contribution in [0.15, 0.2) is 6.33 Å². The summed E-state index contributed by atoms with van der Waals surface area (Å²) >= 11 is 1.83. The van der Waals surface area contributed by atoms with Crippen molar-refractivity contribution in [2.24, 2.45) is 0 Å². The zero-order valence-electron chi connectivity index (χ0n) is 12.1. The standard InChI is InChI=1S/C15H21N3OS/c1-10(2)19-8-4-7-16-14-13-11-5-3-6-12(11)20-15(13)18-9-17-14/h9-10H,3-8H2,1-2H3,(H,16,17,18). The van der Waals surface area contributed by atoms with Crippen molar-refractivity contribution in [2.45, 2.75) is 45.6 Å². The number of ether oxygens (including phenoxy) is 1. The molecule has 2 aromatic rings. The Morgan fingerprint density at radius 3 is 3.10 bits per heavy atom. The number of aromatic nitrogens is 2. The molecule has 1 aliphatic rings. The summed E-state index contributed by atoms with van der Waals surface area (Å²) in [5.74, 6) is 0.999. The summed E-state index contributed by atoms with van der Waals surface area (Å²) in [7, 11) is 0. The minimum Gasteiger partial charge on any atom is -0.379 e. The first-order valence-corrected chi connectivity index (χ1v) is 8.18. The van der Waals surface area contributed by atoms with Crippen molar-refractivity contribution in [1.82, 2.24) is 9.97 Å². The van der Waals surface area contributed by atoms with E-state index >= 15 is 0 Å². The van der Waals surface area contributed by atoms with Gasteiger partial charge in [-0.1, -0.05) is 0 Å². The third-order valence-corrected chi connectivity index (χ3v) is 4.77. The second-order valence-electron chi connectivity index (χ2n) is 5.46. The summed E-state index contributed by atoms with van der Waals surface area (Å²) in [5.41, 5.74) is 1.48. The number of thiophene rings is 1. The summed E-state index contributed by atoms with van der Waals surface area (Å²) in [4.78, 5) is 11.5. The lowest BCUT2D eigenvalue weighted by Gasteiger charge is -2.09. The van der Waals surface area contributed by atoms with Crippen LogP contribution in [0.5, 0.6) is 0 Å². The quantitative estimate of drug-likeness (QED) is 0.829. The minimum atomic E-state index is 0.306. The fraction of sp³-hybridized carbons (Fsp3) is 0.600. The van der Waals surface area contributed by atoms with Gasteiger partial charge in [-0.25, -0.2) is 9.97 Å². The molecule has 0 unspecified atom stereocenters. The maximum atomic E-state index is 5.56. The molecule has 0 aromatic carbocycles. The molecule has 0 bridgehead atoms. The number of fused-ring (bicyclic) bond motifs is 3. The van der Waals surface area contributed by atoms with Crippen LogP contribution in [0.3, 0.4) is 0 Å². The smallest absolute Gasteiger partial charge is 0.138 e. The summed E-state index contributed by atoms with van der Waals surface area (Å²) in [5, 5.41) is 4.71. The molecule has 1 aliphatic carbocycles. The van der Waals surface area contributed by atoms with Crippen molar-refractivity contribution in [2.75, 3.05) is 18.5 Å². The number of hydrogen-bond acceptors (Lipinski definition) is 5. The highest BCUT2D eigenvalue weighted by Crippen LogP contribution is 2.38. The normalized spacial score (nSPS) is 14.2. The van der Waals surface area contributed by atoms with Crippen LogP contribution >= 0.6 is 11.3 Å². The molecule has 2 aromatic heterocycles. The van der Waals surface area contributed by atoms with Crippen molar-refractivity contribution in [1.29, 1.82) is 0 Å². The van der Waals surface area contributed by atoms with E-state index in [4.69, 9.17) is 4.74 Å². The molecular formula is C15H21N3OS. The highest BCUT2D eigenvalue weighted by molar-refractivity contribution is 7.19. The van der Waals surface area contributed by atoms with Gasteiger partial charge in [0.1, 0.15) is 17.0 Å². The first kappa shape index (κ1) is 13.8. The second kappa shape index (κ2) is 6.06. The van der Waals surface area contributed by atoms with Crippen LogP contribution in [0.2, 0.25) is 0 Å². The van der Waals surface area contributed by atoms with Crippen LogP contribution in [0.25, 0.3) is 10.2 Å². The van der Waals surface area contributed by atoms with Crippen molar-refractivity contribution >= 4 is 27.4 Å². The fourth-order valence-corrected chi connectivity index (χ4v) is 3.89. The Kier molecular flexibility index (Phi) is 4.17. The highest BCUT2D eigenvalue weighted by Gasteiger charge is 2.20. The van der Waals surface area contributed by atoms with E-state index in [9.17, 15) is 0 Å². The van der Waals surface area contributed by atoms with Gasteiger partial charge < -0.3 is 10.1 Å². The number of anilines is 1. The Hall–Kier alpha value is -1.20. The number of nitrogens with one attached hydrogen (secondary N) is 1. The van der Waals surface area contributed by atoms with Gasteiger partial charge in [0.15, 0.2) is 0 Å². The first-order chi connectivity index (χ1) is 9.75. The maximum absolute atomic E-state index is 5.56. The van der Waals surface area contributed by atoms with Crippen LogP contribution in [0.4, 0.5) is 5.82 Å². The molecule has 0 radical (unpaired) electrons. The summed E-state index contributed by atoms with van der Waals surface area (Å²) in [6, 6.07) is 0. The number of aryl methyl sites for hydroxylation is 2. The average Bonchev–Trinajstić information content (AvgIpc) is 2.98. The Labute approximate surface area is 123 Å².